The smallest absolute Gasteiger partial charge is 0.181 e. The summed E-state index contributed by atoms with van der Waals surface area (Å²) in [5.74, 6) is 2.29. The van der Waals surface area contributed by atoms with Gasteiger partial charge in [-0.1, -0.05) is 30.3 Å². The van der Waals surface area contributed by atoms with E-state index < -0.39 is 0 Å². The predicted molar refractivity (Wildman–Crippen MR) is 66.7 cm³/mol. The third-order valence-electron chi connectivity index (χ3n) is 3.22. The third kappa shape index (κ3) is 2.22. The number of nitrogens with zero attached hydrogens (tertiary/aromatic N) is 2. The minimum absolute atomic E-state index is 0.480. The highest BCUT2D eigenvalue weighted by Crippen LogP contribution is 2.22. The summed E-state index contributed by atoms with van der Waals surface area (Å²) in [4.78, 5) is 4.60. The van der Waals surface area contributed by atoms with Crippen LogP contribution >= 0.6 is 0 Å². The Morgan fingerprint density at radius 1 is 1.18 bits per heavy atom. The van der Waals surface area contributed by atoms with Crippen LogP contribution in [0.3, 0.4) is 0 Å². The molecule has 0 spiro atoms. The monoisotopic (exact) mass is 228 g/mol. The Bertz CT molecular complexity index is 471. The molecule has 88 valence electrons. The molecule has 0 aliphatic carbocycles. The fourth-order valence-corrected chi connectivity index (χ4v) is 2.26. The first-order valence-electron chi connectivity index (χ1n) is 6.12. The van der Waals surface area contributed by atoms with Gasteiger partial charge in [-0.25, -0.2) is 4.98 Å². The topological polar surface area (TPSA) is 53.6 Å². The number of piperidine rings is 1. The fourth-order valence-electron chi connectivity index (χ4n) is 2.26. The van der Waals surface area contributed by atoms with Crippen molar-refractivity contribution in [2.45, 2.75) is 18.8 Å². The van der Waals surface area contributed by atoms with Crippen LogP contribution in [0.5, 0.6) is 0 Å². The molecule has 3 rings (SSSR count). The number of aromatic amines is 1. The van der Waals surface area contributed by atoms with E-state index in [0.717, 1.165) is 30.3 Å². The van der Waals surface area contributed by atoms with Crippen LogP contribution in [-0.2, 0) is 0 Å². The maximum atomic E-state index is 4.60. The van der Waals surface area contributed by atoms with Crippen molar-refractivity contribution in [3.63, 3.8) is 0 Å². The first-order chi connectivity index (χ1) is 8.43. The molecule has 17 heavy (non-hydrogen) atoms. The van der Waals surface area contributed by atoms with E-state index >= 15 is 0 Å². The molecule has 4 nitrogen and oxygen atoms in total. The van der Waals surface area contributed by atoms with Crippen molar-refractivity contribution in [2.24, 2.45) is 0 Å². The number of hydrogen-bond donors (Lipinski definition) is 2. The normalized spacial score (nSPS) is 20.4. The quantitative estimate of drug-likeness (QED) is 0.826. The summed E-state index contributed by atoms with van der Waals surface area (Å²) >= 11 is 0. The zero-order valence-corrected chi connectivity index (χ0v) is 9.69. The second-order valence-corrected chi connectivity index (χ2v) is 4.45. The molecule has 1 atom stereocenters. The van der Waals surface area contributed by atoms with Crippen molar-refractivity contribution in [1.29, 1.82) is 0 Å². The van der Waals surface area contributed by atoms with Crippen molar-refractivity contribution in [1.82, 2.24) is 20.5 Å². The average Bonchev–Trinajstić information content (AvgIpc) is 2.90. The lowest BCUT2D eigenvalue weighted by molar-refractivity contribution is 0.447. The maximum absolute atomic E-state index is 4.60. The molecule has 1 aromatic heterocycles. The summed E-state index contributed by atoms with van der Waals surface area (Å²) in [6, 6.07) is 10.1. The Balaban J connectivity index is 1.83. The van der Waals surface area contributed by atoms with Crippen molar-refractivity contribution in [3.8, 4) is 11.4 Å². The van der Waals surface area contributed by atoms with Crippen LogP contribution < -0.4 is 5.32 Å². The molecule has 0 bridgehead atoms. The van der Waals surface area contributed by atoms with Crippen LogP contribution in [0.25, 0.3) is 11.4 Å². The summed E-state index contributed by atoms with van der Waals surface area (Å²) in [5.41, 5.74) is 1.07. The Kier molecular flexibility index (Phi) is 2.88. The van der Waals surface area contributed by atoms with Crippen LogP contribution in [0, 0.1) is 0 Å². The average molecular weight is 228 g/mol. The van der Waals surface area contributed by atoms with Crippen molar-refractivity contribution in [2.75, 3.05) is 13.1 Å². The number of nitrogens with one attached hydrogen (secondary N) is 2. The SMILES string of the molecule is c1ccc(-c2n[nH]c([C@@H]3CCCNC3)n2)cc1. The van der Waals surface area contributed by atoms with E-state index in [-0.39, 0.29) is 0 Å². The van der Waals surface area contributed by atoms with Crippen LogP contribution in [0.2, 0.25) is 0 Å². The molecule has 2 heterocycles. The lowest BCUT2D eigenvalue weighted by Crippen LogP contribution is -2.28. The van der Waals surface area contributed by atoms with Gasteiger partial charge in [0.2, 0.25) is 0 Å². The molecule has 0 saturated carbocycles. The molecule has 1 aliphatic rings. The van der Waals surface area contributed by atoms with E-state index in [1.807, 2.05) is 30.3 Å². The van der Waals surface area contributed by atoms with E-state index in [1.165, 1.54) is 12.8 Å². The van der Waals surface area contributed by atoms with Gasteiger partial charge in [0.25, 0.3) is 0 Å². The highest BCUT2D eigenvalue weighted by Gasteiger charge is 2.18. The van der Waals surface area contributed by atoms with Gasteiger partial charge < -0.3 is 5.32 Å². The maximum Gasteiger partial charge on any atom is 0.181 e. The molecule has 2 aromatic rings. The summed E-state index contributed by atoms with van der Waals surface area (Å²) in [6.45, 7) is 2.12. The minimum atomic E-state index is 0.480. The highest BCUT2D eigenvalue weighted by atomic mass is 15.2. The van der Waals surface area contributed by atoms with E-state index in [2.05, 4.69) is 20.5 Å². The van der Waals surface area contributed by atoms with E-state index in [1.54, 1.807) is 0 Å². The van der Waals surface area contributed by atoms with Crippen LogP contribution in [0.1, 0.15) is 24.6 Å². The van der Waals surface area contributed by atoms with Gasteiger partial charge in [-0.3, -0.25) is 5.10 Å². The summed E-state index contributed by atoms with van der Waals surface area (Å²) in [6.07, 6.45) is 2.41. The second-order valence-electron chi connectivity index (χ2n) is 4.45. The lowest BCUT2D eigenvalue weighted by atomic mass is 9.99. The summed E-state index contributed by atoms with van der Waals surface area (Å²) in [5, 5.41) is 10.8. The first-order valence-corrected chi connectivity index (χ1v) is 6.12. The molecular formula is C13H16N4. The lowest BCUT2D eigenvalue weighted by Gasteiger charge is -2.20. The number of hydrogen-bond acceptors (Lipinski definition) is 3. The summed E-state index contributed by atoms with van der Waals surface area (Å²) < 4.78 is 0. The zero-order chi connectivity index (χ0) is 11.5. The van der Waals surface area contributed by atoms with Gasteiger partial charge in [0.05, 0.1) is 0 Å². The Morgan fingerprint density at radius 3 is 2.82 bits per heavy atom. The molecule has 1 aromatic carbocycles. The largest absolute Gasteiger partial charge is 0.316 e. The highest BCUT2D eigenvalue weighted by molar-refractivity contribution is 5.53. The molecule has 0 unspecified atom stereocenters. The van der Waals surface area contributed by atoms with Gasteiger partial charge >= 0.3 is 0 Å². The minimum Gasteiger partial charge on any atom is -0.316 e. The van der Waals surface area contributed by atoms with Gasteiger partial charge in [0, 0.05) is 18.0 Å². The number of H-pyrrole nitrogens is 1. The predicted octanol–water partition coefficient (Wildman–Crippen LogP) is 1.94. The molecule has 2 N–H and O–H groups in total. The van der Waals surface area contributed by atoms with Crippen LogP contribution in [-0.4, -0.2) is 28.3 Å². The molecule has 0 amide bonds. The Morgan fingerprint density at radius 2 is 2.06 bits per heavy atom. The standard InChI is InChI=1S/C13H16N4/c1-2-5-10(6-3-1)12-15-13(17-16-12)11-7-4-8-14-9-11/h1-3,5-6,11,14H,4,7-9H2,(H,15,16,17)/t11-/m1/s1. The number of benzene rings is 1. The zero-order valence-electron chi connectivity index (χ0n) is 9.69. The molecule has 1 saturated heterocycles. The van der Waals surface area contributed by atoms with Gasteiger partial charge in [-0.2, -0.15) is 5.10 Å². The van der Waals surface area contributed by atoms with Gasteiger partial charge in [-0.15, -0.1) is 0 Å². The molecular weight excluding hydrogens is 212 g/mol. The van der Waals surface area contributed by atoms with Crippen molar-refractivity contribution in [3.05, 3.63) is 36.2 Å². The van der Waals surface area contributed by atoms with Crippen LogP contribution in [0.4, 0.5) is 0 Å². The van der Waals surface area contributed by atoms with Crippen molar-refractivity contribution >= 4 is 0 Å². The summed E-state index contributed by atoms with van der Waals surface area (Å²) in [7, 11) is 0. The Labute approximate surface area is 100 Å². The van der Waals surface area contributed by atoms with E-state index in [9.17, 15) is 0 Å². The van der Waals surface area contributed by atoms with E-state index in [4.69, 9.17) is 0 Å². The van der Waals surface area contributed by atoms with Gasteiger partial charge in [-0.05, 0) is 19.4 Å². The van der Waals surface area contributed by atoms with E-state index in [0.29, 0.717) is 5.92 Å². The second kappa shape index (κ2) is 4.67. The third-order valence-corrected chi connectivity index (χ3v) is 3.22. The van der Waals surface area contributed by atoms with Gasteiger partial charge in [0.15, 0.2) is 5.82 Å². The molecule has 1 fully saturated rings. The van der Waals surface area contributed by atoms with Crippen LogP contribution in [0.15, 0.2) is 30.3 Å². The molecule has 1 aliphatic heterocycles. The number of aromatic nitrogens is 3. The Hall–Kier alpha value is -1.68. The molecule has 4 heteroatoms. The van der Waals surface area contributed by atoms with Crippen molar-refractivity contribution < 1.29 is 0 Å². The fraction of sp³-hybridized carbons (Fsp3) is 0.385. The van der Waals surface area contributed by atoms with Gasteiger partial charge in [0.1, 0.15) is 5.82 Å². The number of rotatable bonds is 2. The first kappa shape index (κ1) is 10.5. The molecule has 0 radical (unpaired) electrons.